The molecule has 1 aromatic carbocycles. The highest BCUT2D eigenvalue weighted by Crippen LogP contribution is 2.26. The van der Waals surface area contributed by atoms with Gasteiger partial charge in [0, 0.05) is 24.5 Å². The van der Waals surface area contributed by atoms with Gasteiger partial charge in [-0.2, -0.15) is 0 Å². The van der Waals surface area contributed by atoms with Gasteiger partial charge in [-0.3, -0.25) is 0 Å². The number of aromatic nitrogens is 2. The molecule has 0 saturated carbocycles. The van der Waals surface area contributed by atoms with Crippen molar-refractivity contribution in [2.45, 2.75) is 12.3 Å². The summed E-state index contributed by atoms with van der Waals surface area (Å²) in [5.41, 5.74) is 2.16. The van der Waals surface area contributed by atoms with Crippen LogP contribution in [-0.4, -0.2) is 22.6 Å². The van der Waals surface area contributed by atoms with Gasteiger partial charge in [0.25, 0.3) is 0 Å². The third-order valence-electron chi connectivity index (χ3n) is 3.30. The van der Waals surface area contributed by atoms with Crippen molar-refractivity contribution < 1.29 is 0 Å². The van der Waals surface area contributed by atoms with Crippen LogP contribution in [0.25, 0.3) is 11.0 Å². The highest BCUT2D eigenvalue weighted by Gasteiger charge is 2.22. The normalized spacial score (nSPS) is 20.8. The summed E-state index contributed by atoms with van der Waals surface area (Å²) in [5, 5.41) is 4.14. The Morgan fingerprint density at radius 2 is 2.38 bits per heavy atom. The summed E-state index contributed by atoms with van der Waals surface area (Å²) >= 11 is 6.01. The Morgan fingerprint density at radius 3 is 3.12 bits per heavy atom. The molecular weight excluding hydrogens is 222 g/mol. The fourth-order valence-electron chi connectivity index (χ4n) is 2.42. The van der Waals surface area contributed by atoms with Gasteiger partial charge in [0.2, 0.25) is 0 Å². The van der Waals surface area contributed by atoms with Crippen molar-refractivity contribution in [2.75, 3.05) is 13.1 Å². The lowest BCUT2D eigenvalue weighted by Gasteiger charge is -2.07. The third kappa shape index (κ3) is 1.51. The minimum absolute atomic E-state index is 0.538. The van der Waals surface area contributed by atoms with Crippen LogP contribution in [0, 0.1) is 0 Å². The number of aryl methyl sites for hydroxylation is 1. The average molecular weight is 236 g/mol. The molecular formula is C12H14ClN3. The van der Waals surface area contributed by atoms with Crippen LogP contribution in [0.2, 0.25) is 5.02 Å². The first-order chi connectivity index (χ1) is 7.75. The molecule has 4 heteroatoms. The molecule has 1 aliphatic heterocycles. The van der Waals surface area contributed by atoms with Crippen LogP contribution in [0.3, 0.4) is 0 Å². The quantitative estimate of drug-likeness (QED) is 0.822. The molecule has 1 atom stereocenters. The molecule has 1 aliphatic rings. The molecule has 1 aromatic heterocycles. The highest BCUT2D eigenvalue weighted by atomic mass is 35.5. The average Bonchev–Trinajstić information content (AvgIpc) is 2.87. The number of benzene rings is 1. The molecule has 16 heavy (non-hydrogen) atoms. The van der Waals surface area contributed by atoms with E-state index in [4.69, 9.17) is 16.6 Å². The second kappa shape index (κ2) is 3.75. The summed E-state index contributed by atoms with van der Waals surface area (Å²) in [6.45, 7) is 2.12. The molecule has 0 spiro atoms. The fourth-order valence-corrected chi connectivity index (χ4v) is 2.59. The number of halogens is 1. The van der Waals surface area contributed by atoms with Crippen molar-refractivity contribution in [1.82, 2.24) is 14.9 Å². The Bertz CT molecular complexity index is 526. The smallest absolute Gasteiger partial charge is 0.114 e. The van der Waals surface area contributed by atoms with Crippen molar-refractivity contribution >= 4 is 22.6 Å². The van der Waals surface area contributed by atoms with E-state index in [2.05, 4.69) is 16.9 Å². The SMILES string of the molecule is Cn1c(C2CCNC2)nc2ccc(Cl)cc21. The van der Waals surface area contributed by atoms with E-state index in [0.717, 1.165) is 29.1 Å². The summed E-state index contributed by atoms with van der Waals surface area (Å²) in [4.78, 5) is 4.70. The van der Waals surface area contributed by atoms with Crippen LogP contribution < -0.4 is 5.32 Å². The summed E-state index contributed by atoms with van der Waals surface area (Å²) in [5.74, 6) is 1.71. The van der Waals surface area contributed by atoms with E-state index in [1.54, 1.807) is 0 Å². The van der Waals surface area contributed by atoms with Gasteiger partial charge in [-0.15, -0.1) is 0 Å². The molecule has 0 amide bonds. The van der Waals surface area contributed by atoms with Gasteiger partial charge in [0.05, 0.1) is 11.0 Å². The number of imidazole rings is 1. The van der Waals surface area contributed by atoms with Gasteiger partial charge in [-0.1, -0.05) is 11.6 Å². The Labute approximate surface area is 99.4 Å². The zero-order valence-electron chi connectivity index (χ0n) is 9.20. The van der Waals surface area contributed by atoms with Gasteiger partial charge < -0.3 is 9.88 Å². The highest BCUT2D eigenvalue weighted by molar-refractivity contribution is 6.31. The van der Waals surface area contributed by atoms with Crippen molar-refractivity contribution in [1.29, 1.82) is 0 Å². The molecule has 1 saturated heterocycles. The van der Waals surface area contributed by atoms with E-state index in [9.17, 15) is 0 Å². The van der Waals surface area contributed by atoms with Crippen LogP contribution >= 0.6 is 11.6 Å². The number of nitrogens with zero attached hydrogens (tertiary/aromatic N) is 2. The van der Waals surface area contributed by atoms with Gasteiger partial charge >= 0.3 is 0 Å². The van der Waals surface area contributed by atoms with Crippen molar-refractivity contribution in [3.8, 4) is 0 Å². The largest absolute Gasteiger partial charge is 0.331 e. The van der Waals surface area contributed by atoms with Gasteiger partial charge in [0.15, 0.2) is 0 Å². The molecule has 0 radical (unpaired) electrons. The summed E-state index contributed by atoms with van der Waals surface area (Å²) in [6, 6.07) is 5.87. The molecule has 3 rings (SSSR count). The maximum Gasteiger partial charge on any atom is 0.114 e. The molecule has 1 fully saturated rings. The minimum atomic E-state index is 0.538. The maximum absolute atomic E-state index is 6.01. The van der Waals surface area contributed by atoms with Gasteiger partial charge in [-0.25, -0.2) is 4.98 Å². The predicted molar refractivity (Wildman–Crippen MR) is 66.0 cm³/mol. The van der Waals surface area contributed by atoms with Gasteiger partial charge in [-0.05, 0) is 31.2 Å². The molecule has 0 aliphatic carbocycles. The monoisotopic (exact) mass is 235 g/mol. The molecule has 3 nitrogen and oxygen atoms in total. The summed E-state index contributed by atoms with van der Waals surface area (Å²) < 4.78 is 2.17. The van der Waals surface area contributed by atoms with E-state index >= 15 is 0 Å². The number of hydrogen-bond acceptors (Lipinski definition) is 2. The van der Waals surface area contributed by atoms with Crippen molar-refractivity contribution in [3.63, 3.8) is 0 Å². The maximum atomic E-state index is 6.01. The number of fused-ring (bicyclic) bond motifs is 1. The second-order valence-electron chi connectivity index (χ2n) is 4.35. The first-order valence-corrected chi connectivity index (χ1v) is 5.96. The zero-order chi connectivity index (χ0) is 11.1. The lowest BCUT2D eigenvalue weighted by atomic mass is 10.1. The molecule has 84 valence electrons. The molecule has 0 bridgehead atoms. The first kappa shape index (κ1) is 10.1. The van der Waals surface area contributed by atoms with Gasteiger partial charge in [0.1, 0.15) is 5.82 Å². The van der Waals surface area contributed by atoms with Crippen molar-refractivity contribution in [3.05, 3.63) is 29.0 Å². The first-order valence-electron chi connectivity index (χ1n) is 5.58. The molecule has 1 N–H and O–H groups in total. The molecule has 2 aromatic rings. The Kier molecular flexibility index (Phi) is 2.37. The Morgan fingerprint density at radius 1 is 1.50 bits per heavy atom. The lowest BCUT2D eigenvalue weighted by molar-refractivity contribution is 0.667. The number of hydrogen-bond donors (Lipinski definition) is 1. The van der Waals surface area contributed by atoms with E-state index in [-0.39, 0.29) is 0 Å². The van der Waals surface area contributed by atoms with Crippen LogP contribution in [0.5, 0.6) is 0 Å². The van der Waals surface area contributed by atoms with E-state index in [0.29, 0.717) is 5.92 Å². The van der Waals surface area contributed by atoms with Crippen LogP contribution in [0.1, 0.15) is 18.2 Å². The third-order valence-corrected chi connectivity index (χ3v) is 3.54. The topological polar surface area (TPSA) is 29.9 Å². The zero-order valence-corrected chi connectivity index (χ0v) is 9.96. The predicted octanol–water partition coefficient (Wildman–Crippen LogP) is 2.30. The van der Waals surface area contributed by atoms with E-state index < -0.39 is 0 Å². The Hall–Kier alpha value is -1.06. The van der Waals surface area contributed by atoms with Crippen LogP contribution in [0.15, 0.2) is 18.2 Å². The van der Waals surface area contributed by atoms with Crippen LogP contribution in [-0.2, 0) is 7.05 Å². The molecule has 1 unspecified atom stereocenters. The summed E-state index contributed by atoms with van der Waals surface area (Å²) in [7, 11) is 2.07. The Balaban J connectivity index is 2.15. The van der Waals surface area contributed by atoms with E-state index in [1.807, 2.05) is 18.2 Å². The van der Waals surface area contributed by atoms with E-state index in [1.165, 1.54) is 12.2 Å². The standard InChI is InChI=1S/C12H14ClN3/c1-16-11-6-9(13)2-3-10(11)15-12(16)8-4-5-14-7-8/h2-3,6,8,14H,4-5,7H2,1H3. The van der Waals surface area contributed by atoms with Crippen LogP contribution in [0.4, 0.5) is 0 Å². The number of rotatable bonds is 1. The fraction of sp³-hybridized carbons (Fsp3) is 0.417. The second-order valence-corrected chi connectivity index (χ2v) is 4.79. The minimum Gasteiger partial charge on any atom is -0.331 e. The number of nitrogens with one attached hydrogen (secondary N) is 1. The van der Waals surface area contributed by atoms with Crippen molar-refractivity contribution in [2.24, 2.45) is 7.05 Å². The molecule has 2 heterocycles. The summed E-state index contributed by atoms with van der Waals surface area (Å²) in [6.07, 6.45) is 1.17. The lowest BCUT2D eigenvalue weighted by Crippen LogP contribution is -2.11.